The highest BCUT2D eigenvalue weighted by atomic mass is 19.4. The lowest BCUT2D eigenvalue weighted by Gasteiger charge is -2.44. The smallest absolute Gasteiger partial charge is 0.393 e. The van der Waals surface area contributed by atoms with Crippen LogP contribution in [0.3, 0.4) is 0 Å². The predicted octanol–water partition coefficient (Wildman–Crippen LogP) is 7.34. The average Bonchev–Trinajstić information content (AvgIpc) is 2.65. The Balaban J connectivity index is 7.02. The van der Waals surface area contributed by atoms with Crippen molar-refractivity contribution in [2.75, 3.05) is 0 Å². The van der Waals surface area contributed by atoms with Gasteiger partial charge in [-0.05, 0) is 6.92 Å². The molecule has 0 aliphatic rings. The van der Waals surface area contributed by atoms with Crippen molar-refractivity contribution >= 4 is 5.97 Å². The van der Waals surface area contributed by atoms with Gasteiger partial charge in [-0.2, -0.15) is 92.2 Å². The summed E-state index contributed by atoms with van der Waals surface area (Å²) in [6, 6.07) is 0. The van der Waals surface area contributed by atoms with Crippen molar-refractivity contribution in [2.24, 2.45) is 0 Å². The van der Waals surface area contributed by atoms with E-state index in [1.807, 2.05) is 0 Å². The number of alkyl halides is 21. The summed E-state index contributed by atoms with van der Waals surface area (Å²) < 4.78 is 277. The molecule has 220 valence electrons. The minimum Gasteiger partial charge on any atom is -0.393 e. The summed E-state index contributed by atoms with van der Waals surface area (Å²) in [4.78, 5) is 10.7. The quantitative estimate of drug-likeness (QED) is 0.148. The van der Waals surface area contributed by atoms with Crippen LogP contribution in [-0.2, 0) is 9.53 Å². The molecule has 23 heteroatoms. The van der Waals surface area contributed by atoms with Crippen LogP contribution >= 0.6 is 0 Å². The van der Waals surface area contributed by atoms with Crippen LogP contribution in [0.1, 0.15) is 6.92 Å². The summed E-state index contributed by atoms with van der Waals surface area (Å²) in [5.41, 5.74) is 0. The second-order valence-electron chi connectivity index (χ2n) is 6.53. The molecule has 0 heterocycles. The first-order chi connectivity index (χ1) is 15.7. The topological polar surface area (TPSA) is 26.3 Å². The fourth-order valence-corrected chi connectivity index (χ4v) is 1.90. The molecule has 0 aliphatic carbocycles. The van der Waals surface area contributed by atoms with E-state index in [-0.39, 0.29) is 6.08 Å². The van der Waals surface area contributed by atoms with E-state index >= 15 is 0 Å². The summed E-state index contributed by atoms with van der Waals surface area (Å²) in [6.07, 6.45) is -15.5. The van der Waals surface area contributed by atoms with Crippen LogP contribution in [0.25, 0.3) is 0 Å². The number of carbonyl (C=O) groups is 1. The molecule has 0 aromatic heterocycles. The summed E-state index contributed by atoms with van der Waals surface area (Å²) in [5.74, 6) is -74.1. The average molecular weight is 604 g/mol. The first-order valence-electron chi connectivity index (χ1n) is 8.03. The van der Waals surface area contributed by atoms with Gasteiger partial charge in [0.2, 0.25) is 0 Å². The fraction of sp³-hybridized carbons (Fsp3) is 0.786. The molecule has 0 spiro atoms. The number of rotatable bonds is 10. The van der Waals surface area contributed by atoms with Crippen molar-refractivity contribution in [3.63, 3.8) is 0 Å². The molecule has 0 aromatic carbocycles. The maximum Gasteiger partial charge on any atom is 0.473 e. The third-order valence-corrected chi connectivity index (χ3v) is 4.01. The Morgan fingerprint density at radius 1 is 0.459 bits per heavy atom. The van der Waals surface area contributed by atoms with Gasteiger partial charge in [0.05, 0.1) is 0 Å². The van der Waals surface area contributed by atoms with Crippen molar-refractivity contribution in [2.45, 2.75) is 66.6 Å². The lowest BCUT2D eigenvalue weighted by atomic mass is 9.87. The van der Waals surface area contributed by atoms with Gasteiger partial charge in [0.25, 0.3) is 0 Å². The van der Waals surface area contributed by atoms with E-state index in [2.05, 4.69) is 4.74 Å². The minimum absolute atomic E-state index is 0.316. The largest absolute Gasteiger partial charge is 0.473 e. The molecule has 2 nitrogen and oxygen atoms in total. The Bertz CT molecular complexity index is 880. The fourth-order valence-electron chi connectivity index (χ4n) is 1.90. The van der Waals surface area contributed by atoms with Gasteiger partial charge < -0.3 is 4.74 Å². The van der Waals surface area contributed by atoms with E-state index in [9.17, 15) is 97.0 Å². The normalized spacial score (nSPS) is 16.4. The predicted molar refractivity (Wildman–Crippen MR) is 71.5 cm³/mol. The first-order valence-corrected chi connectivity index (χ1v) is 8.03. The maximum atomic E-state index is 13.5. The van der Waals surface area contributed by atoms with E-state index in [0.717, 1.165) is 0 Å². The highest BCUT2D eigenvalue weighted by Gasteiger charge is 2.98. The van der Waals surface area contributed by atoms with Crippen LogP contribution in [-0.4, -0.2) is 65.6 Å². The molecule has 0 atom stereocenters. The monoisotopic (exact) mass is 604 g/mol. The standard InChI is InChI=1S/C14H5F21O2/c1-2-3-4(36)37-14(34,35)12(29,30)10(25,26)8(21,22)6(17,18)5(15,16)7(19,20)9(23,24)11(27,28)13(31,32)33/h2-3H,1H3. The molecular weight excluding hydrogens is 599 g/mol. The Labute approximate surface area is 188 Å². The van der Waals surface area contributed by atoms with Gasteiger partial charge in [-0.1, -0.05) is 6.08 Å². The second-order valence-corrected chi connectivity index (χ2v) is 6.53. The zero-order valence-electron chi connectivity index (χ0n) is 16.4. The van der Waals surface area contributed by atoms with Gasteiger partial charge in [0.15, 0.2) is 0 Å². The van der Waals surface area contributed by atoms with Crippen LogP contribution in [0.5, 0.6) is 0 Å². The highest BCUT2D eigenvalue weighted by molar-refractivity contribution is 5.82. The summed E-state index contributed by atoms with van der Waals surface area (Å²) >= 11 is 0. The van der Waals surface area contributed by atoms with Gasteiger partial charge in [0.1, 0.15) is 0 Å². The number of allylic oxidation sites excluding steroid dienone is 1. The number of hydrogen-bond acceptors (Lipinski definition) is 2. The first kappa shape index (κ1) is 34.7. The third-order valence-electron chi connectivity index (χ3n) is 4.01. The molecule has 0 fully saturated rings. The van der Waals surface area contributed by atoms with E-state index in [1.165, 1.54) is 0 Å². The molecular formula is C14H5F21O2. The molecule has 0 aliphatic heterocycles. The molecule has 0 amide bonds. The molecule has 37 heavy (non-hydrogen) atoms. The summed E-state index contributed by atoms with van der Waals surface area (Å²) in [7, 11) is 0. The van der Waals surface area contributed by atoms with Crippen molar-refractivity contribution in [3.8, 4) is 0 Å². The zero-order valence-corrected chi connectivity index (χ0v) is 16.4. The van der Waals surface area contributed by atoms with Crippen LogP contribution in [0.4, 0.5) is 92.2 Å². The molecule has 0 radical (unpaired) electrons. The summed E-state index contributed by atoms with van der Waals surface area (Å²) in [5, 5.41) is 0. The van der Waals surface area contributed by atoms with E-state index in [0.29, 0.717) is 13.0 Å². The minimum atomic E-state index is -9.25. The van der Waals surface area contributed by atoms with E-state index in [1.54, 1.807) is 0 Å². The van der Waals surface area contributed by atoms with Gasteiger partial charge in [-0.3, -0.25) is 0 Å². The third kappa shape index (κ3) is 4.52. The van der Waals surface area contributed by atoms with Crippen molar-refractivity contribution < 1.29 is 102 Å². The Morgan fingerprint density at radius 3 is 0.946 bits per heavy atom. The lowest BCUT2D eigenvalue weighted by molar-refractivity contribution is -0.482. The zero-order chi connectivity index (χ0) is 30.7. The number of carbonyl (C=O) groups excluding carboxylic acids is 1. The lowest BCUT2D eigenvalue weighted by Crippen LogP contribution is -2.77. The van der Waals surface area contributed by atoms with Crippen LogP contribution in [0.2, 0.25) is 0 Å². The molecule has 0 saturated carbocycles. The number of halogens is 21. The Morgan fingerprint density at radius 2 is 0.703 bits per heavy atom. The van der Waals surface area contributed by atoms with E-state index < -0.39 is 65.6 Å². The Kier molecular flexibility index (Phi) is 8.36. The van der Waals surface area contributed by atoms with Crippen LogP contribution < -0.4 is 0 Å². The van der Waals surface area contributed by atoms with Crippen molar-refractivity contribution in [1.82, 2.24) is 0 Å². The molecule has 0 N–H and O–H groups in total. The van der Waals surface area contributed by atoms with Crippen molar-refractivity contribution in [1.29, 1.82) is 0 Å². The summed E-state index contributed by atoms with van der Waals surface area (Å²) in [6.45, 7) is 0.710. The second kappa shape index (κ2) is 8.90. The maximum absolute atomic E-state index is 13.5. The molecule has 0 unspecified atom stereocenters. The SMILES string of the molecule is CC=CC(=O)OC(F)(F)C(F)(F)C(F)(F)C(F)(F)C(F)(F)C(F)(F)C(F)(F)C(F)(F)C(F)(F)C(F)(F)F. The highest BCUT2D eigenvalue weighted by Crippen LogP contribution is 2.66. The molecule has 0 bridgehead atoms. The van der Waals surface area contributed by atoms with E-state index in [4.69, 9.17) is 0 Å². The number of hydrogen-bond donors (Lipinski definition) is 0. The van der Waals surface area contributed by atoms with Gasteiger partial charge in [0, 0.05) is 6.08 Å². The van der Waals surface area contributed by atoms with Gasteiger partial charge in [-0.25, -0.2) is 4.79 Å². The van der Waals surface area contributed by atoms with Crippen molar-refractivity contribution in [3.05, 3.63) is 12.2 Å². The molecule has 0 aromatic rings. The molecule has 0 rings (SSSR count). The van der Waals surface area contributed by atoms with Crippen LogP contribution in [0, 0.1) is 0 Å². The van der Waals surface area contributed by atoms with Crippen LogP contribution in [0.15, 0.2) is 12.2 Å². The molecule has 0 saturated heterocycles. The Hall–Kier alpha value is -2.26. The van der Waals surface area contributed by atoms with Gasteiger partial charge >= 0.3 is 65.6 Å². The van der Waals surface area contributed by atoms with Gasteiger partial charge in [-0.15, -0.1) is 0 Å². The number of ether oxygens (including phenoxy) is 1. The number of esters is 1.